The Bertz CT molecular complexity index is 706. The number of quaternary nitrogens is 2. The van der Waals surface area contributed by atoms with Crippen LogP contribution in [0.25, 0.3) is 0 Å². The molecule has 2 saturated heterocycles. The Kier molecular flexibility index (Phi) is 15.2. The summed E-state index contributed by atoms with van der Waals surface area (Å²) in [5.74, 6) is 2.65. The number of hydrogen-bond acceptors (Lipinski definition) is 6. The van der Waals surface area contributed by atoms with Crippen molar-refractivity contribution in [2.75, 3.05) is 80.8 Å². The van der Waals surface area contributed by atoms with Crippen LogP contribution in [-0.4, -0.2) is 114 Å². The molecular weight excluding hydrogens is 644 g/mol. The molecule has 2 aliphatic carbocycles. The van der Waals surface area contributed by atoms with Crippen molar-refractivity contribution in [3.05, 3.63) is 0 Å². The topological polar surface area (TPSA) is 71.1 Å². The highest BCUT2D eigenvalue weighted by Gasteiger charge is 2.38. The van der Waals surface area contributed by atoms with Crippen LogP contribution in [0.3, 0.4) is 0 Å². The molecule has 0 bridgehead atoms. The standard InChI is InChI=1S/C30H54N2O6.2BrH/c1-31(2,21-29-35-15-5-16-36-29)19-27(33)25-11-7-23(8-12-25)24-9-13-26(14-10-24)28(34)20-32(3,4)22-30-37-17-6-18-38-30;;/h23-26,29-30H,5-22H2,1-4H3;2*1H/q+2;;/p-2. The molecule has 0 aromatic heterocycles. The summed E-state index contributed by atoms with van der Waals surface area (Å²) in [5.41, 5.74) is 0. The molecule has 4 fully saturated rings. The first-order chi connectivity index (χ1) is 18.1. The van der Waals surface area contributed by atoms with Crippen LogP contribution in [0, 0.1) is 23.7 Å². The maximum atomic E-state index is 13.1. The molecule has 40 heavy (non-hydrogen) atoms. The van der Waals surface area contributed by atoms with Gasteiger partial charge in [0.15, 0.2) is 11.6 Å². The van der Waals surface area contributed by atoms with Gasteiger partial charge in [-0.3, -0.25) is 9.59 Å². The Hall–Kier alpha value is 0.0600. The number of nitrogens with zero attached hydrogens (tertiary/aromatic N) is 2. The van der Waals surface area contributed by atoms with Crippen LogP contribution in [0.4, 0.5) is 0 Å². The lowest BCUT2D eigenvalue weighted by molar-refractivity contribution is -0.888. The minimum absolute atomic E-state index is 0. The number of carbonyl (C=O) groups excluding carboxylic acids is 2. The van der Waals surface area contributed by atoms with Crippen LogP contribution < -0.4 is 34.0 Å². The molecule has 2 aliphatic heterocycles. The minimum Gasteiger partial charge on any atom is -1.00 e. The molecule has 0 radical (unpaired) electrons. The molecule has 4 rings (SSSR count). The van der Waals surface area contributed by atoms with Gasteiger partial charge in [-0.05, 0) is 76.0 Å². The van der Waals surface area contributed by atoms with Gasteiger partial charge < -0.3 is 61.9 Å². The smallest absolute Gasteiger partial charge is 0.207 e. The normalized spacial score (nSPS) is 29.2. The molecule has 4 aliphatic rings. The second kappa shape index (κ2) is 16.8. The lowest BCUT2D eigenvalue weighted by atomic mass is 9.68. The second-order valence-electron chi connectivity index (χ2n) is 13.8. The lowest BCUT2D eigenvalue weighted by Gasteiger charge is -2.39. The van der Waals surface area contributed by atoms with Crippen molar-refractivity contribution >= 4 is 11.6 Å². The van der Waals surface area contributed by atoms with E-state index in [9.17, 15) is 9.59 Å². The monoisotopic (exact) mass is 696 g/mol. The molecule has 2 saturated carbocycles. The van der Waals surface area contributed by atoms with Gasteiger partial charge in [0.25, 0.3) is 0 Å². The molecule has 234 valence electrons. The highest BCUT2D eigenvalue weighted by molar-refractivity contribution is 5.82. The summed E-state index contributed by atoms with van der Waals surface area (Å²) in [4.78, 5) is 26.3. The number of ether oxygens (including phenoxy) is 4. The van der Waals surface area contributed by atoms with Gasteiger partial charge >= 0.3 is 0 Å². The summed E-state index contributed by atoms with van der Waals surface area (Å²) in [6.07, 6.45) is 10.3. The van der Waals surface area contributed by atoms with E-state index in [4.69, 9.17) is 18.9 Å². The summed E-state index contributed by atoms with van der Waals surface area (Å²) in [6.45, 7) is 5.56. The average molecular weight is 699 g/mol. The molecule has 2 heterocycles. The van der Waals surface area contributed by atoms with E-state index in [-0.39, 0.29) is 58.4 Å². The zero-order chi connectivity index (χ0) is 27.2. The molecule has 8 nitrogen and oxygen atoms in total. The third kappa shape index (κ3) is 11.3. The van der Waals surface area contributed by atoms with E-state index in [0.717, 1.165) is 116 Å². The summed E-state index contributed by atoms with van der Waals surface area (Å²) in [6, 6.07) is 0. The van der Waals surface area contributed by atoms with Crippen molar-refractivity contribution in [3.8, 4) is 0 Å². The number of halogens is 2. The van der Waals surface area contributed by atoms with Gasteiger partial charge in [0.05, 0.1) is 54.6 Å². The molecule has 0 aromatic carbocycles. The predicted octanol–water partition coefficient (Wildman–Crippen LogP) is -2.58. The maximum Gasteiger partial charge on any atom is 0.207 e. The molecule has 10 heteroatoms. The van der Waals surface area contributed by atoms with Crippen molar-refractivity contribution in [2.45, 2.75) is 76.8 Å². The average Bonchev–Trinajstić information content (AvgIpc) is 2.89. The van der Waals surface area contributed by atoms with Crippen molar-refractivity contribution in [1.82, 2.24) is 0 Å². The molecule has 0 aromatic rings. The van der Waals surface area contributed by atoms with Crippen molar-refractivity contribution in [2.24, 2.45) is 23.7 Å². The zero-order valence-electron chi connectivity index (χ0n) is 25.3. The maximum absolute atomic E-state index is 13.1. The van der Waals surface area contributed by atoms with Gasteiger partial charge in [0, 0.05) is 11.8 Å². The third-order valence-electron chi connectivity index (χ3n) is 9.37. The fourth-order valence-corrected chi connectivity index (χ4v) is 7.15. The Morgan fingerprint density at radius 2 is 0.850 bits per heavy atom. The van der Waals surface area contributed by atoms with Gasteiger partial charge in [-0.1, -0.05) is 0 Å². The van der Waals surface area contributed by atoms with Crippen LogP contribution in [0.1, 0.15) is 64.2 Å². The quantitative estimate of drug-likeness (QED) is 0.221. The molecule has 0 N–H and O–H groups in total. The predicted molar refractivity (Wildman–Crippen MR) is 145 cm³/mol. The van der Waals surface area contributed by atoms with Crippen LogP contribution in [-0.2, 0) is 28.5 Å². The third-order valence-corrected chi connectivity index (χ3v) is 9.37. The van der Waals surface area contributed by atoms with Crippen LogP contribution in [0.15, 0.2) is 0 Å². The molecule has 0 spiro atoms. The zero-order valence-corrected chi connectivity index (χ0v) is 28.5. The Morgan fingerprint density at radius 3 is 1.15 bits per heavy atom. The molecule has 0 amide bonds. The number of rotatable bonds is 11. The minimum atomic E-state index is -0.186. The highest BCUT2D eigenvalue weighted by atomic mass is 79.9. The summed E-state index contributed by atoms with van der Waals surface area (Å²) >= 11 is 0. The van der Waals surface area contributed by atoms with Crippen molar-refractivity contribution < 1.29 is 71.5 Å². The Balaban J connectivity index is 0.00000280. The number of hydrogen-bond donors (Lipinski definition) is 0. The summed E-state index contributed by atoms with van der Waals surface area (Å²) < 4.78 is 24.1. The summed E-state index contributed by atoms with van der Waals surface area (Å²) in [5, 5.41) is 0. The van der Waals surface area contributed by atoms with Gasteiger partial charge in [0.2, 0.25) is 12.6 Å². The van der Waals surface area contributed by atoms with Crippen molar-refractivity contribution in [1.29, 1.82) is 0 Å². The SMILES string of the molecule is C[N+](C)(CC(=O)C1CCC(C2CCC(C(=O)C[N+](C)(C)CC3OCCCO3)CC2)CC1)CC1OCCCO1.[Br-].[Br-]. The van der Waals surface area contributed by atoms with Crippen LogP contribution in [0.5, 0.6) is 0 Å². The highest BCUT2D eigenvalue weighted by Crippen LogP contribution is 2.42. The number of ketones is 2. The number of carbonyl (C=O) groups is 2. The first-order valence-electron chi connectivity index (χ1n) is 15.3. The van der Waals surface area contributed by atoms with E-state index >= 15 is 0 Å². The van der Waals surface area contributed by atoms with E-state index in [1.54, 1.807) is 0 Å². The van der Waals surface area contributed by atoms with E-state index in [1.165, 1.54) is 0 Å². The van der Waals surface area contributed by atoms with E-state index < -0.39 is 0 Å². The van der Waals surface area contributed by atoms with Gasteiger partial charge in [0.1, 0.15) is 26.2 Å². The molecular formula is C30H54Br2N2O6. The fourth-order valence-electron chi connectivity index (χ4n) is 7.15. The van der Waals surface area contributed by atoms with Gasteiger partial charge in [-0.15, -0.1) is 0 Å². The van der Waals surface area contributed by atoms with Crippen LogP contribution >= 0.6 is 0 Å². The fraction of sp³-hybridized carbons (Fsp3) is 0.933. The van der Waals surface area contributed by atoms with Gasteiger partial charge in [-0.25, -0.2) is 0 Å². The Morgan fingerprint density at radius 1 is 0.550 bits per heavy atom. The van der Waals surface area contributed by atoms with Crippen LogP contribution in [0.2, 0.25) is 0 Å². The lowest BCUT2D eigenvalue weighted by Crippen LogP contribution is -3.00. The largest absolute Gasteiger partial charge is 1.00 e. The van der Waals surface area contributed by atoms with E-state index in [2.05, 4.69) is 28.2 Å². The van der Waals surface area contributed by atoms with E-state index in [1.807, 2.05) is 0 Å². The summed E-state index contributed by atoms with van der Waals surface area (Å²) in [7, 11) is 8.45. The van der Waals surface area contributed by atoms with Crippen molar-refractivity contribution in [3.63, 3.8) is 0 Å². The molecule has 0 unspecified atom stereocenters. The molecule has 0 atom stereocenters. The first-order valence-corrected chi connectivity index (χ1v) is 15.3. The second-order valence-corrected chi connectivity index (χ2v) is 13.8. The Labute approximate surface area is 263 Å². The van der Waals surface area contributed by atoms with Gasteiger partial charge in [-0.2, -0.15) is 0 Å². The van der Waals surface area contributed by atoms with E-state index in [0.29, 0.717) is 33.6 Å². The number of likely N-dealkylation sites (N-methyl/N-ethyl adjacent to an activating group) is 2. The number of Topliss-reactive ketones (excluding diaryl/α,β-unsaturated/α-hetero) is 2. The first kappa shape index (κ1) is 36.3.